The molecule has 3 heteroatoms. The molecule has 0 spiro atoms. The van der Waals surface area contributed by atoms with Gasteiger partial charge in [0.2, 0.25) is 5.75 Å². The quantitative estimate of drug-likeness (QED) is 0.688. The van der Waals surface area contributed by atoms with Crippen LogP contribution in [0.25, 0.3) is 0 Å². The summed E-state index contributed by atoms with van der Waals surface area (Å²) < 4.78 is 0. The Morgan fingerprint density at radius 1 is 1.38 bits per heavy atom. The minimum atomic E-state index is -0.0968. The molecule has 1 nitrogen and oxygen atoms in total. The van der Waals surface area contributed by atoms with E-state index in [0.717, 1.165) is 6.42 Å². The van der Waals surface area contributed by atoms with E-state index >= 15 is 0 Å². The van der Waals surface area contributed by atoms with Gasteiger partial charge in [-0.05, 0) is 24.5 Å². The zero-order chi connectivity index (χ0) is 10.0. The molecule has 0 aliphatic heterocycles. The zero-order valence-electron chi connectivity index (χ0n) is 7.60. The maximum absolute atomic E-state index is 11.5. The molecule has 1 aromatic carbocycles. The highest BCUT2D eigenvalue weighted by Crippen LogP contribution is 2.36. The molecule has 1 rings (SSSR count). The van der Waals surface area contributed by atoms with Crippen LogP contribution >= 0.6 is 23.2 Å². The zero-order valence-corrected chi connectivity index (χ0v) is 9.12. The molecular formula is C10H11Cl2O. The van der Waals surface area contributed by atoms with Crippen LogP contribution in [0.4, 0.5) is 0 Å². The molecular weight excluding hydrogens is 207 g/mol. The van der Waals surface area contributed by atoms with E-state index in [1.54, 1.807) is 6.07 Å². The van der Waals surface area contributed by atoms with E-state index in [9.17, 15) is 5.11 Å². The molecule has 0 heterocycles. The van der Waals surface area contributed by atoms with Crippen molar-refractivity contribution >= 4 is 23.2 Å². The molecule has 1 unspecified atom stereocenters. The van der Waals surface area contributed by atoms with Gasteiger partial charge >= 0.3 is 0 Å². The lowest BCUT2D eigenvalue weighted by molar-refractivity contribution is 0.347. The molecule has 0 aliphatic rings. The number of rotatable bonds is 2. The summed E-state index contributed by atoms with van der Waals surface area (Å²) in [5.74, 6) is 0.115. The normalized spacial score (nSPS) is 12.9. The second-order valence-corrected chi connectivity index (χ2v) is 3.96. The lowest BCUT2D eigenvalue weighted by Crippen LogP contribution is -1.91. The number of halogens is 2. The van der Waals surface area contributed by atoms with Gasteiger partial charge in [-0.25, -0.2) is 0 Å². The van der Waals surface area contributed by atoms with Crippen molar-refractivity contribution in [2.45, 2.75) is 26.2 Å². The first kappa shape index (κ1) is 10.7. The third-order valence-electron chi connectivity index (χ3n) is 2.18. The molecule has 1 aromatic rings. The Hall–Kier alpha value is -0.400. The predicted octanol–water partition coefficient (Wildman–Crippen LogP) is 4.65. The fourth-order valence-corrected chi connectivity index (χ4v) is 1.68. The van der Waals surface area contributed by atoms with Crippen LogP contribution in [0, 0.1) is 0 Å². The van der Waals surface area contributed by atoms with Crippen molar-refractivity contribution in [3.05, 3.63) is 27.7 Å². The molecule has 0 amide bonds. The Bertz CT molecular complexity index is 310. The maximum atomic E-state index is 11.5. The molecule has 0 bridgehead atoms. The molecule has 71 valence electrons. The molecule has 0 saturated heterocycles. The summed E-state index contributed by atoms with van der Waals surface area (Å²) in [6.45, 7) is 4.02. The van der Waals surface area contributed by atoms with Gasteiger partial charge in [-0.1, -0.05) is 37.0 Å². The van der Waals surface area contributed by atoms with Crippen molar-refractivity contribution in [1.29, 1.82) is 0 Å². The smallest absolute Gasteiger partial charge is 0.200 e. The van der Waals surface area contributed by atoms with Gasteiger partial charge in [0, 0.05) is 10.6 Å². The van der Waals surface area contributed by atoms with E-state index in [2.05, 4.69) is 0 Å². The maximum Gasteiger partial charge on any atom is 0.200 e. The monoisotopic (exact) mass is 217 g/mol. The Labute approximate surface area is 88.3 Å². The first-order valence-electron chi connectivity index (χ1n) is 4.22. The lowest BCUT2D eigenvalue weighted by atomic mass is 9.98. The molecule has 0 saturated carbocycles. The van der Waals surface area contributed by atoms with Crippen LogP contribution < -0.4 is 0 Å². The van der Waals surface area contributed by atoms with Crippen LogP contribution in [0.15, 0.2) is 12.1 Å². The third-order valence-corrected chi connectivity index (χ3v) is 2.68. The van der Waals surface area contributed by atoms with E-state index in [1.165, 1.54) is 6.07 Å². The van der Waals surface area contributed by atoms with E-state index in [4.69, 9.17) is 23.2 Å². The molecule has 1 radical (unpaired) electrons. The standard InChI is InChI=1S/C10H11Cl2O/c1-3-6(2)8-4-7(11)5-9(12)10(8)13/h4-6H,3H2,1-2H3. The summed E-state index contributed by atoms with van der Waals surface area (Å²) in [5.41, 5.74) is 0.708. The summed E-state index contributed by atoms with van der Waals surface area (Å²) >= 11 is 11.5. The van der Waals surface area contributed by atoms with Gasteiger partial charge in [0.05, 0.1) is 5.02 Å². The minimum absolute atomic E-state index is 0.0968. The highest BCUT2D eigenvalue weighted by atomic mass is 35.5. The molecule has 0 fully saturated rings. The topological polar surface area (TPSA) is 19.9 Å². The lowest BCUT2D eigenvalue weighted by Gasteiger charge is -2.10. The summed E-state index contributed by atoms with van der Waals surface area (Å²) in [6.07, 6.45) is 0.909. The third kappa shape index (κ3) is 2.29. The Morgan fingerprint density at radius 2 is 2.00 bits per heavy atom. The molecule has 0 aromatic heterocycles. The minimum Gasteiger partial charge on any atom is -0.288 e. The van der Waals surface area contributed by atoms with Crippen LogP contribution in [-0.4, -0.2) is 0 Å². The number of hydrogen-bond acceptors (Lipinski definition) is 0. The Morgan fingerprint density at radius 3 is 2.54 bits per heavy atom. The summed E-state index contributed by atoms with van der Waals surface area (Å²) in [5, 5.41) is 12.3. The van der Waals surface area contributed by atoms with Crippen molar-refractivity contribution in [2.75, 3.05) is 0 Å². The van der Waals surface area contributed by atoms with Gasteiger partial charge in [0.1, 0.15) is 0 Å². The Kier molecular flexibility index (Phi) is 3.46. The summed E-state index contributed by atoms with van der Waals surface area (Å²) in [7, 11) is 0. The first-order chi connectivity index (χ1) is 6.06. The first-order valence-corrected chi connectivity index (χ1v) is 4.97. The van der Waals surface area contributed by atoms with Crippen molar-refractivity contribution in [3.63, 3.8) is 0 Å². The highest BCUT2D eigenvalue weighted by Gasteiger charge is 2.14. The van der Waals surface area contributed by atoms with Crippen molar-refractivity contribution in [3.8, 4) is 5.75 Å². The average molecular weight is 218 g/mol. The van der Waals surface area contributed by atoms with Crippen molar-refractivity contribution in [1.82, 2.24) is 0 Å². The number of hydrogen-bond donors (Lipinski definition) is 0. The Balaban J connectivity index is 3.20. The van der Waals surface area contributed by atoms with Crippen molar-refractivity contribution in [2.24, 2.45) is 0 Å². The molecule has 0 N–H and O–H groups in total. The number of benzene rings is 1. The van der Waals surface area contributed by atoms with Gasteiger partial charge in [-0.2, -0.15) is 0 Å². The SMILES string of the molecule is CCC(C)c1cc(Cl)cc(Cl)c1[O]. The predicted molar refractivity (Wildman–Crippen MR) is 55.3 cm³/mol. The van der Waals surface area contributed by atoms with E-state index < -0.39 is 0 Å². The van der Waals surface area contributed by atoms with E-state index in [1.807, 2.05) is 13.8 Å². The van der Waals surface area contributed by atoms with Crippen LogP contribution in [0.3, 0.4) is 0 Å². The summed E-state index contributed by atoms with van der Waals surface area (Å²) in [6, 6.07) is 3.18. The molecule has 13 heavy (non-hydrogen) atoms. The highest BCUT2D eigenvalue weighted by molar-refractivity contribution is 6.35. The fourth-order valence-electron chi connectivity index (χ4n) is 1.17. The molecule has 0 aliphatic carbocycles. The second kappa shape index (κ2) is 4.21. The van der Waals surface area contributed by atoms with Gasteiger partial charge in [-0.3, -0.25) is 5.11 Å². The molecule has 1 atom stereocenters. The average Bonchev–Trinajstić information content (AvgIpc) is 2.10. The van der Waals surface area contributed by atoms with Crippen LogP contribution in [0.2, 0.25) is 10.0 Å². The van der Waals surface area contributed by atoms with E-state index in [0.29, 0.717) is 10.6 Å². The van der Waals surface area contributed by atoms with Crippen LogP contribution in [0.1, 0.15) is 31.7 Å². The fraction of sp³-hybridized carbons (Fsp3) is 0.400. The van der Waals surface area contributed by atoms with Gasteiger partial charge < -0.3 is 0 Å². The van der Waals surface area contributed by atoms with Gasteiger partial charge in [-0.15, -0.1) is 0 Å². The van der Waals surface area contributed by atoms with Gasteiger partial charge in [0.15, 0.2) is 0 Å². The van der Waals surface area contributed by atoms with E-state index in [-0.39, 0.29) is 16.7 Å². The van der Waals surface area contributed by atoms with Crippen molar-refractivity contribution < 1.29 is 5.11 Å². The van der Waals surface area contributed by atoms with Gasteiger partial charge in [0.25, 0.3) is 0 Å². The second-order valence-electron chi connectivity index (χ2n) is 3.12. The summed E-state index contributed by atoms with van der Waals surface area (Å²) in [4.78, 5) is 0. The van der Waals surface area contributed by atoms with Crippen LogP contribution in [-0.2, 0) is 5.11 Å². The largest absolute Gasteiger partial charge is 0.288 e. The van der Waals surface area contributed by atoms with Crippen LogP contribution in [0.5, 0.6) is 5.75 Å².